The van der Waals surface area contributed by atoms with E-state index in [-0.39, 0.29) is 17.6 Å². The number of anilines is 2. The minimum Gasteiger partial charge on any atom is -0.468 e. The number of carbonyl (C=O) groups excluding carboxylic acids is 2. The second-order valence-electron chi connectivity index (χ2n) is 10.3. The molecule has 2 aromatic carbocycles. The first-order valence-corrected chi connectivity index (χ1v) is 14.8. The molecule has 0 fully saturated rings. The summed E-state index contributed by atoms with van der Waals surface area (Å²) in [5, 5.41) is 20.0. The van der Waals surface area contributed by atoms with Gasteiger partial charge in [-0.05, 0) is 81.5 Å². The third-order valence-corrected chi connectivity index (χ3v) is 8.06. The largest absolute Gasteiger partial charge is 0.468 e. The molecule has 0 unspecified atom stereocenters. The molecule has 2 amide bonds. The lowest BCUT2D eigenvalue weighted by Crippen LogP contribution is -2.31. The molecule has 0 spiro atoms. The maximum Gasteiger partial charge on any atom is 0.254 e. The molecule has 7 nitrogen and oxygen atoms in total. The fourth-order valence-electron chi connectivity index (χ4n) is 5.10. The quantitative estimate of drug-likeness (QED) is 0.238. The summed E-state index contributed by atoms with van der Waals surface area (Å²) in [6.45, 7) is 9.90. The second-order valence-corrected chi connectivity index (χ2v) is 11.3. The van der Waals surface area contributed by atoms with E-state index in [1.807, 2.05) is 57.2 Å². The highest BCUT2D eigenvalue weighted by atomic mass is 32.2. The summed E-state index contributed by atoms with van der Waals surface area (Å²) in [7, 11) is 0. The molecule has 4 rings (SSSR count). The van der Waals surface area contributed by atoms with Crippen LogP contribution in [-0.2, 0) is 16.0 Å². The lowest BCUT2D eigenvalue weighted by atomic mass is 9.85. The minimum atomic E-state index is -0.719. The Bertz CT molecular complexity index is 1510. The molecule has 1 atom stereocenters. The minimum absolute atomic E-state index is 0.0898. The van der Waals surface area contributed by atoms with Crippen molar-refractivity contribution in [3.05, 3.63) is 105 Å². The third kappa shape index (κ3) is 7.11. The van der Waals surface area contributed by atoms with Gasteiger partial charge in [0.15, 0.2) is 0 Å². The average Bonchev–Trinajstić information content (AvgIpc) is 3.47. The Labute approximate surface area is 246 Å². The van der Waals surface area contributed by atoms with Gasteiger partial charge in [-0.1, -0.05) is 54.9 Å². The fraction of sp³-hybridized carbons (Fsp3) is 0.303. The van der Waals surface area contributed by atoms with Crippen LogP contribution < -0.4 is 16.0 Å². The van der Waals surface area contributed by atoms with Crippen LogP contribution in [0.2, 0.25) is 0 Å². The molecule has 3 N–H and O–H groups in total. The molecule has 0 radical (unpaired) electrons. The van der Waals surface area contributed by atoms with Crippen molar-refractivity contribution in [3.8, 4) is 6.07 Å². The first-order valence-electron chi connectivity index (χ1n) is 13.8. The van der Waals surface area contributed by atoms with E-state index in [1.54, 1.807) is 19.1 Å². The van der Waals surface area contributed by atoms with Gasteiger partial charge in [0.2, 0.25) is 5.91 Å². The number of hydrogen-bond acceptors (Lipinski definition) is 6. The summed E-state index contributed by atoms with van der Waals surface area (Å²) in [5.74, 6) is -0.650. The lowest BCUT2D eigenvalue weighted by Gasteiger charge is -2.28. The SMILES string of the molecule is CCCCc1ccc(NC(=O)CSC2=C(C#N)[C@H](c3ccco3)C(C(=O)Nc3c(C)cc(C)cc3C)=C(C)N2)cc1. The Balaban J connectivity index is 1.54. The summed E-state index contributed by atoms with van der Waals surface area (Å²) >= 11 is 1.23. The standard InChI is InChI=1S/C33H36N4O3S/c1-6-7-9-24-11-13-25(14-12-24)36-28(38)19-41-33-26(18-34)30(27-10-8-15-40-27)29(23(5)35-33)32(39)37-31-21(3)16-20(2)17-22(31)4/h8,10-17,30,35H,6-7,9,19H2,1-5H3,(H,36,38)(H,37,39)/t30-/m1/s1. The van der Waals surface area contributed by atoms with Crippen LogP contribution in [0.1, 0.15) is 60.6 Å². The number of thioether (sulfide) groups is 1. The number of aryl methyl sites for hydroxylation is 4. The monoisotopic (exact) mass is 568 g/mol. The van der Waals surface area contributed by atoms with Crippen LogP contribution in [0.5, 0.6) is 0 Å². The normalized spacial score (nSPS) is 14.9. The molecule has 3 aromatic rings. The van der Waals surface area contributed by atoms with Gasteiger partial charge in [0.05, 0.1) is 40.2 Å². The smallest absolute Gasteiger partial charge is 0.254 e. The van der Waals surface area contributed by atoms with Crippen molar-refractivity contribution in [1.82, 2.24) is 5.32 Å². The number of carbonyl (C=O) groups is 2. The van der Waals surface area contributed by atoms with Gasteiger partial charge in [0.25, 0.3) is 5.91 Å². The number of unbranched alkanes of at least 4 members (excludes halogenated alkanes) is 1. The zero-order valence-corrected chi connectivity index (χ0v) is 25.0. The first-order chi connectivity index (χ1) is 19.7. The highest BCUT2D eigenvalue weighted by Gasteiger charge is 2.36. The maximum absolute atomic E-state index is 13.7. The van der Waals surface area contributed by atoms with E-state index in [4.69, 9.17) is 4.42 Å². The topological polar surface area (TPSA) is 107 Å². The number of nitrogens with zero attached hydrogens (tertiary/aromatic N) is 1. The Morgan fingerprint density at radius 1 is 1.05 bits per heavy atom. The van der Waals surface area contributed by atoms with Gasteiger partial charge >= 0.3 is 0 Å². The number of amides is 2. The maximum atomic E-state index is 13.7. The number of hydrogen-bond donors (Lipinski definition) is 3. The Morgan fingerprint density at radius 3 is 2.37 bits per heavy atom. The Morgan fingerprint density at radius 2 is 1.76 bits per heavy atom. The second kappa shape index (κ2) is 13.4. The van der Waals surface area contributed by atoms with E-state index in [9.17, 15) is 14.9 Å². The summed E-state index contributed by atoms with van der Waals surface area (Å²) in [6, 6.07) is 17.7. The van der Waals surface area contributed by atoms with Crippen LogP contribution >= 0.6 is 11.8 Å². The van der Waals surface area contributed by atoms with Crippen LogP contribution in [0.25, 0.3) is 0 Å². The zero-order valence-electron chi connectivity index (χ0n) is 24.2. The van der Waals surface area contributed by atoms with Crippen molar-refractivity contribution < 1.29 is 14.0 Å². The number of allylic oxidation sites excluding steroid dienone is 2. The van der Waals surface area contributed by atoms with Crippen molar-refractivity contribution in [1.29, 1.82) is 5.26 Å². The average molecular weight is 569 g/mol. The van der Waals surface area contributed by atoms with Crippen molar-refractivity contribution in [2.45, 2.75) is 59.8 Å². The number of benzene rings is 2. The van der Waals surface area contributed by atoms with Crippen molar-refractivity contribution in [3.63, 3.8) is 0 Å². The van der Waals surface area contributed by atoms with Gasteiger partial charge in [0.1, 0.15) is 5.76 Å². The van der Waals surface area contributed by atoms with E-state index in [2.05, 4.69) is 28.9 Å². The highest BCUT2D eigenvalue weighted by molar-refractivity contribution is 8.03. The summed E-state index contributed by atoms with van der Waals surface area (Å²) in [6.07, 6.45) is 4.82. The van der Waals surface area contributed by atoms with Crippen LogP contribution in [0.15, 0.2) is 81.1 Å². The first kappa shape index (κ1) is 29.8. The number of nitriles is 1. The molecule has 8 heteroatoms. The molecule has 0 saturated heterocycles. The fourth-order valence-corrected chi connectivity index (χ4v) is 5.99. The van der Waals surface area contributed by atoms with E-state index in [0.29, 0.717) is 27.6 Å². The van der Waals surface area contributed by atoms with Crippen molar-refractivity contribution in [2.24, 2.45) is 0 Å². The lowest BCUT2D eigenvalue weighted by molar-refractivity contribution is -0.114. The summed E-state index contributed by atoms with van der Waals surface area (Å²) in [4.78, 5) is 26.5. The molecule has 0 aliphatic carbocycles. The van der Waals surface area contributed by atoms with Gasteiger partial charge in [-0.3, -0.25) is 9.59 Å². The third-order valence-electron chi connectivity index (χ3n) is 7.04. The molecular weight excluding hydrogens is 532 g/mol. The van der Waals surface area contributed by atoms with Gasteiger partial charge in [-0.2, -0.15) is 5.26 Å². The van der Waals surface area contributed by atoms with Gasteiger partial charge in [-0.15, -0.1) is 0 Å². The van der Waals surface area contributed by atoms with E-state index in [0.717, 1.165) is 47.3 Å². The van der Waals surface area contributed by atoms with E-state index >= 15 is 0 Å². The zero-order chi connectivity index (χ0) is 29.5. The Hall–Kier alpha value is -4.22. The summed E-state index contributed by atoms with van der Waals surface area (Å²) < 4.78 is 5.72. The van der Waals surface area contributed by atoms with Gasteiger partial charge in [-0.25, -0.2) is 0 Å². The molecule has 212 valence electrons. The van der Waals surface area contributed by atoms with Crippen LogP contribution in [0.3, 0.4) is 0 Å². The predicted octanol–water partition coefficient (Wildman–Crippen LogP) is 7.25. The van der Waals surface area contributed by atoms with Gasteiger partial charge in [0, 0.05) is 17.1 Å². The predicted molar refractivity (Wildman–Crippen MR) is 165 cm³/mol. The molecule has 0 bridgehead atoms. The number of dihydropyridines is 1. The number of rotatable bonds is 10. The molecule has 1 aliphatic rings. The van der Waals surface area contributed by atoms with Crippen molar-refractivity contribution >= 4 is 35.0 Å². The van der Waals surface area contributed by atoms with Crippen LogP contribution in [-0.4, -0.2) is 17.6 Å². The van der Waals surface area contributed by atoms with E-state index < -0.39 is 5.92 Å². The van der Waals surface area contributed by atoms with Gasteiger partial charge < -0.3 is 20.4 Å². The van der Waals surface area contributed by atoms with E-state index in [1.165, 1.54) is 23.6 Å². The molecule has 1 aromatic heterocycles. The molecule has 2 heterocycles. The van der Waals surface area contributed by atoms with Crippen molar-refractivity contribution in [2.75, 3.05) is 16.4 Å². The number of nitrogens with one attached hydrogen (secondary N) is 3. The molecule has 0 saturated carbocycles. The molecule has 1 aliphatic heterocycles. The van der Waals surface area contributed by atoms with Crippen LogP contribution in [0.4, 0.5) is 11.4 Å². The highest BCUT2D eigenvalue weighted by Crippen LogP contribution is 2.41. The molecular formula is C33H36N4O3S. The van der Waals surface area contributed by atoms with Crippen LogP contribution in [0, 0.1) is 32.1 Å². The molecule has 41 heavy (non-hydrogen) atoms. The Kier molecular flexibility index (Phi) is 9.74. The summed E-state index contributed by atoms with van der Waals surface area (Å²) in [5.41, 5.74) is 7.07. The number of furan rings is 1.